The number of fused-ring (bicyclic) bond motifs is 1. The molecule has 1 N–H and O–H groups in total. The topological polar surface area (TPSA) is 52.7 Å². The fourth-order valence-electron chi connectivity index (χ4n) is 2.83. The Kier molecular flexibility index (Phi) is 3.97. The molecule has 1 aliphatic rings. The maximum atomic E-state index is 9.87. The second-order valence-electron chi connectivity index (χ2n) is 6.44. The Balaban J connectivity index is 1.55. The first kappa shape index (κ1) is 14.5. The minimum atomic E-state index is -0.623. The summed E-state index contributed by atoms with van der Waals surface area (Å²) in [7, 11) is 0. The zero-order valence-corrected chi connectivity index (χ0v) is 12.7. The molecule has 21 heavy (non-hydrogen) atoms. The molecule has 2 heterocycles. The molecule has 2 aromatic rings. The lowest BCUT2D eigenvalue weighted by atomic mass is 10.1. The van der Waals surface area contributed by atoms with Crippen molar-refractivity contribution in [2.24, 2.45) is 0 Å². The minimum absolute atomic E-state index is 0.623. The van der Waals surface area contributed by atoms with E-state index in [-0.39, 0.29) is 0 Å². The Bertz CT molecular complexity index is 562. The standard InChI is InChI=1S/C16H23N3O2/c1-16(2,20)12-19-9-7-18(8-10-19)11-15-17-13-5-3-4-6-14(13)21-15/h3-6,20H,7-12H2,1-2H3. The van der Waals surface area contributed by atoms with E-state index in [0.29, 0.717) is 0 Å². The van der Waals surface area contributed by atoms with Crippen LogP contribution in [0.1, 0.15) is 19.7 Å². The third-order valence-electron chi connectivity index (χ3n) is 3.77. The lowest BCUT2D eigenvalue weighted by Crippen LogP contribution is -2.50. The molecule has 0 aliphatic carbocycles. The highest BCUT2D eigenvalue weighted by Gasteiger charge is 2.23. The van der Waals surface area contributed by atoms with E-state index in [2.05, 4.69) is 14.8 Å². The van der Waals surface area contributed by atoms with Gasteiger partial charge in [-0.25, -0.2) is 4.98 Å². The van der Waals surface area contributed by atoms with Gasteiger partial charge < -0.3 is 9.52 Å². The number of oxazole rings is 1. The number of rotatable bonds is 4. The molecule has 0 atom stereocenters. The lowest BCUT2D eigenvalue weighted by Gasteiger charge is -2.36. The van der Waals surface area contributed by atoms with Crippen LogP contribution in [0.25, 0.3) is 11.1 Å². The van der Waals surface area contributed by atoms with Gasteiger partial charge in [0.05, 0.1) is 12.1 Å². The predicted molar refractivity (Wildman–Crippen MR) is 82.0 cm³/mol. The van der Waals surface area contributed by atoms with Crippen LogP contribution >= 0.6 is 0 Å². The summed E-state index contributed by atoms with van der Waals surface area (Å²) >= 11 is 0. The van der Waals surface area contributed by atoms with Crippen molar-refractivity contribution >= 4 is 11.1 Å². The Morgan fingerprint density at radius 2 is 1.81 bits per heavy atom. The van der Waals surface area contributed by atoms with E-state index in [4.69, 9.17) is 4.42 Å². The van der Waals surface area contributed by atoms with Gasteiger partial charge in [0, 0.05) is 32.7 Å². The third kappa shape index (κ3) is 3.81. The molecule has 3 rings (SSSR count). The van der Waals surface area contributed by atoms with E-state index in [1.165, 1.54) is 0 Å². The maximum Gasteiger partial charge on any atom is 0.209 e. The second kappa shape index (κ2) is 5.75. The van der Waals surface area contributed by atoms with Crippen LogP contribution in [0.3, 0.4) is 0 Å². The minimum Gasteiger partial charge on any atom is -0.439 e. The van der Waals surface area contributed by atoms with Crippen molar-refractivity contribution in [3.8, 4) is 0 Å². The van der Waals surface area contributed by atoms with Crippen molar-refractivity contribution in [1.82, 2.24) is 14.8 Å². The van der Waals surface area contributed by atoms with Crippen molar-refractivity contribution < 1.29 is 9.52 Å². The molecule has 1 fully saturated rings. The average Bonchev–Trinajstić information content (AvgIpc) is 2.81. The second-order valence-corrected chi connectivity index (χ2v) is 6.44. The first-order chi connectivity index (χ1) is 9.99. The maximum absolute atomic E-state index is 9.87. The Morgan fingerprint density at radius 1 is 1.14 bits per heavy atom. The lowest BCUT2D eigenvalue weighted by molar-refractivity contribution is 0.0156. The number of β-amino-alcohol motifs (C(OH)–C–C–N with tert-alkyl or cyclic N) is 1. The van der Waals surface area contributed by atoms with Gasteiger partial charge in [-0.3, -0.25) is 9.80 Å². The summed E-state index contributed by atoms with van der Waals surface area (Å²) in [5.74, 6) is 0.784. The third-order valence-corrected chi connectivity index (χ3v) is 3.77. The first-order valence-corrected chi connectivity index (χ1v) is 7.51. The molecular weight excluding hydrogens is 266 g/mol. The van der Waals surface area contributed by atoms with Crippen LogP contribution in [0.4, 0.5) is 0 Å². The Labute approximate surface area is 125 Å². The first-order valence-electron chi connectivity index (χ1n) is 7.51. The monoisotopic (exact) mass is 289 g/mol. The van der Waals surface area contributed by atoms with Crippen molar-refractivity contribution in [2.75, 3.05) is 32.7 Å². The van der Waals surface area contributed by atoms with Gasteiger partial charge in [0.15, 0.2) is 5.58 Å². The van der Waals surface area contributed by atoms with Crippen molar-refractivity contribution in [3.05, 3.63) is 30.2 Å². The van der Waals surface area contributed by atoms with Crippen LogP contribution in [0, 0.1) is 0 Å². The number of aromatic nitrogens is 1. The van der Waals surface area contributed by atoms with Crippen molar-refractivity contribution in [1.29, 1.82) is 0 Å². The molecule has 0 bridgehead atoms. The molecule has 1 aromatic heterocycles. The number of aliphatic hydroxyl groups is 1. The van der Waals surface area contributed by atoms with Crippen LogP contribution < -0.4 is 0 Å². The highest BCUT2D eigenvalue weighted by Crippen LogP contribution is 2.17. The van der Waals surface area contributed by atoms with Crippen LogP contribution in [-0.2, 0) is 6.54 Å². The number of hydrogen-bond donors (Lipinski definition) is 1. The highest BCUT2D eigenvalue weighted by molar-refractivity contribution is 5.72. The van der Waals surface area contributed by atoms with E-state index in [9.17, 15) is 5.11 Å². The van der Waals surface area contributed by atoms with E-state index >= 15 is 0 Å². The largest absolute Gasteiger partial charge is 0.439 e. The van der Waals surface area contributed by atoms with E-state index < -0.39 is 5.60 Å². The zero-order valence-electron chi connectivity index (χ0n) is 12.7. The number of benzene rings is 1. The van der Waals surface area contributed by atoms with E-state index in [1.807, 2.05) is 38.1 Å². The van der Waals surface area contributed by atoms with Gasteiger partial charge in [0.2, 0.25) is 5.89 Å². The van der Waals surface area contributed by atoms with Gasteiger partial charge >= 0.3 is 0 Å². The van der Waals surface area contributed by atoms with Crippen molar-refractivity contribution in [2.45, 2.75) is 26.0 Å². The fraction of sp³-hybridized carbons (Fsp3) is 0.562. The summed E-state index contributed by atoms with van der Waals surface area (Å²) in [5, 5.41) is 9.87. The normalized spacial score (nSPS) is 18.4. The zero-order chi connectivity index (χ0) is 14.9. The van der Waals surface area contributed by atoms with Crippen LogP contribution in [0.15, 0.2) is 28.7 Å². The molecule has 1 aromatic carbocycles. The van der Waals surface area contributed by atoms with Crippen LogP contribution in [0.2, 0.25) is 0 Å². The van der Waals surface area contributed by atoms with E-state index in [0.717, 1.165) is 56.3 Å². The summed E-state index contributed by atoms with van der Waals surface area (Å²) in [6.07, 6.45) is 0. The molecule has 0 spiro atoms. The SMILES string of the molecule is CC(C)(O)CN1CCN(Cc2nc3ccccc3o2)CC1. The smallest absolute Gasteiger partial charge is 0.209 e. The summed E-state index contributed by atoms with van der Waals surface area (Å²) < 4.78 is 5.77. The average molecular weight is 289 g/mol. The molecule has 114 valence electrons. The summed E-state index contributed by atoms with van der Waals surface area (Å²) in [5.41, 5.74) is 1.16. The Hall–Kier alpha value is -1.43. The molecular formula is C16H23N3O2. The molecule has 0 unspecified atom stereocenters. The van der Waals surface area contributed by atoms with Gasteiger partial charge in [0.25, 0.3) is 0 Å². The molecule has 1 saturated heterocycles. The number of piperazine rings is 1. The van der Waals surface area contributed by atoms with Gasteiger partial charge in [-0.2, -0.15) is 0 Å². The molecule has 0 amide bonds. The molecule has 0 radical (unpaired) electrons. The van der Waals surface area contributed by atoms with E-state index in [1.54, 1.807) is 0 Å². The molecule has 5 nitrogen and oxygen atoms in total. The molecule has 0 saturated carbocycles. The Morgan fingerprint density at radius 3 is 2.48 bits per heavy atom. The highest BCUT2D eigenvalue weighted by atomic mass is 16.3. The van der Waals surface area contributed by atoms with Gasteiger partial charge in [-0.15, -0.1) is 0 Å². The van der Waals surface area contributed by atoms with Crippen LogP contribution in [0.5, 0.6) is 0 Å². The van der Waals surface area contributed by atoms with Gasteiger partial charge in [0.1, 0.15) is 5.52 Å². The van der Waals surface area contributed by atoms with Crippen molar-refractivity contribution in [3.63, 3.8) is 0 Å². The van der Waals surface area contributed by atoms with Gasteiger partial charge in [-0.1, -0.05) is 12.1 Å². The molecule has 1 aliphatic heterocycles. The van der Waals surface area contributed by atoms with Crippen LogP contribution in [-0.4, -0.2) is 58.2 Å². The summed E-state index contributed by atoms with van der Waals surface area (Å²) in [6.45, 7) is 9.11. The number of nitrogens with zero attached hydrogens (tertiary/aromatic N) is 3. The number of hydrogen-bond acceptors (Lipinski definition) is 5. The number of para-hydroxylation sites is 2. The quantitative estimate of drug-likeness (QED) is 0.929. The van der Waals surface area contributed by atoms with Gasteiger partial charge in [-0.05, 0) is 26.0 Å². The summed E-state index contributed by atoms with van der Waals surface area (Å²) in [4.78, 5) is 9.18. The predicted octanol–water partition coefficient (Wildman–Crippen LogP) is 1.72. The fourth-order valence-corrected chi connectivity index (χ4v) is 2.83. The summed E-state index contributed by atoms with van der Waals surface area (Å²) in [6, 6.07) is 7.87. The molecule has 5 heteroatoms.